The molecule has 6 nitrogen and oxygen atoms in total. The molecule has 1 saturated heterocycles. The largest absolute Gasteiger partial charge is 0.490 e. The number of piperidine rings is 1. The van der Waals surface area contributed by atoms with Crippen LogP contribution in [0.25, 0.3) is 28.6 Å². The number of halogens is 1. The third-order valence-electron chi connectivity index (χ3n) is 7.17. The number of rotatable bonds is 9. The molecule has 2 heterocycles. The first-order valence-corrected chi connectivity index (χ1v) is 13.2. The lowest BCUT2D eigenvalue weighted by Gasteiger charge is -2.29. The summed E-state index contributed by atoms with van der Waals surface area (Å²) in [5, 5.41) is 16.2. The van der Waals surface area contributed by atoms with Crippen LogP contribution in [0.4, 0.5) is 4.39 Å². The summed E-state index contributed by atoms with van der Waals surface area (Å²) in [6, 6.07) is 19.5. The van der Waals surface area contributed by atoms with E-state index in [2.05, 4.69) is 40.4 Å². The molecule has 1 aliphatic rings. The fourth-order valence-corrected chi connectivity index (χ4v) is 4.93. The number of likely N-dealkylation sites (tertiary alicyclic amines) is 1. The number of hydrogen-bond acceptors (Lipinski definition) is 4. The van der Waals surface area contributed by atoms with Gasteiger partial charge in [0.25, 0.3) is 0 Å². The molecule has 1 fully saturated rings. The lowest BCUT2D eigenvalue weighted by molar-refractivity contribution is -0.131. The van der Waals surface area contributed by atoms with Crippen LogP contribution in [-0.2, 0) is 11.2 Å². The summed E-state index contributed by atoms with van der Waals surface area (Å²) in [7, 11) is 2.13. The molecule has 0 atom stereocenters. The van der Waals surface area contributed by atoms with Crippen molar-refractivity contribution in [2.24, 2.45) is 0 Å². The van der Waals surface area contributed by atoms with Crippen LogP contribution in [0.2, 0.25) is 0 Å². The maximum absolute atomic E-state index is 15.2. The SMILES string of the molecule is CN1CCC(Oc2cccc(C(=Cc3ccc(C=CC(=O)O)cc3)CCc3ccc4[nH]ncc4c3F)c2)CC1. The van der Waals surface area contributed by atoms with E-state index in [1.165, 1.54) is 6.20 Å². The fraction of sp³-hybridized carbons (Fsp3) is 0.250. The second-order valence-electron chi connectivity index (χ2n) is 10.0. The third kappa shape index (κ3) is 6.81. The summed E-state index contributed by atoms with van der Waals surface area (Å²) in [6.45, 7) is 2.06. The van der Waals surface area contributed by atoms with Crippen molar-refractivity contribution in [2.45, 2.75) is 31.8 Å². The van der Waals surface area contributed by atoms with Crippen LogP contribution < -0.4 is 4.74 Å². The molecule has 39 heavy (non-hydrogen) atoms. The van der Waals surface area contributed by atoms with Crippen molar-refractivity contribution in [3.63, 3.8) is 0 Å². The van der Waals surface area contributed by atoms with Crippen LogP contribution >= 0.6 is 0 Å². The van der Waals surface area contributed by atoms with E-state index in [0.29, 0.717) is 29.3 Å². The van der Waals surface area contributed by atoms with Crippen molar-refractivity contribution in [1.29, 1.82) is 0 Å². The number of carboxylic acid groups (broad SMARTS) is 1. The van der Waals surface area contributed by atoms with E-state index in [1.54, 1.807) is 6.08 Å². The van der Waals surface area contributed by atoms with Gasteiger partial charge in [0, 0.05) is 19.2 Å². The zero-order valence-electron chi connectivity index (χ0n) is 21.9. The van der Waals surface area contributed by atoms with Crippen LogP contribution in [0.5, 0.6) is 5.75 Å². The summed E-state index contributed by atoms with van der Waals surface area (Å²) in [5.41, 5.74) is 5.19. The Morgan fingerprint density at radius 1 is 1.13 bits per heavy atom. The monoisotopic (exact) mass is 525 g/mol. The number of aromatic amines is 1. The molecule has 4 aromatic rings. The second kappa shape index (κ2) is 12.1. The van der Waals surface area contributed by atoms with Crippen LogP contribution in [0.3, 0.4) is 0 Å². The molecule has 0 saturated carbocycles. The van der Waals surface area contributed by atoms with Gasteiger partial charge in [-0.05, 0) is 84.8 Å². The normalized spacial score (nSPS) is 15.3. The summed E-state index contributed by atoms with van der Waals surface area (Å²) < 4.78 is 21.5. The maximum Gasteiger partial charge on any atom is 0.328 e. The maximum atomic E-state index is 15.2. The number of benzene rings is 3. The molecule has 0 spiro atoms. The zero-order chi connectivity index (χ0) is 27.2. The first kappa shape index (κ1) is 26.4. The summed E-state index contributed by atoms with van der Waals surface area (Å²) in [4.78, 5) is 13.2. The van der Waals surface area contributed by atoms with Gasteiger partial charge < -0.3 is 14.7 Å². The highest BCUT2D eigenvalue weighted by molar-refractivity contribution is 5.86. The van der Waals surface area contributed by atoms with Gasteiger partial charge in [-0.15, -0.1) is 0 Å². The highest BCUT2D eigenvalue weighted by Gasteiger charge is 2.18. The van der Waals surface area contributed by atoms with Gasteiger partial charge in [-0.3, -0.25) is 5.10 Å². The number of carboxylic acids is 1. The number of nitrogens with zero attached hydrogens (tertiary/aromatic N) is 2. The molecule has 1 aliphatic heterocycles. The van der Waals surface area contributed by atoms with Crippen LogP contribution in [-0.4, -0.2) is 52.4 Å². The molecule has 0 bridgehead atoms. The Kier molecular flexibility index (Phi) is 8.18. The predicted molar refractivity (Wildman–Crippen MR) is 153 cm³/mol. The first-order valence-electron chi connectivity index (χ1n) is 13.2. The van der Waals surface area contributed by atoms with Gasteiger partial charge in [0.2, 0.25) is 0 Å². The number of allylic oxidation sites excluding steroid dienone is 1. The molecule has 0 amide bonds. The van der Waals surface area contributed by atoms with Crippen molar-refractivity contribution >= 4 is 34.6 Å². The van der Waals surface area contributed by atoms with Crippen molar-refractivity contribution < 1.29 is 19.0 Å². The van der Waals surface area contributed by atoms with Gasteiger partial charge in [-0.25, -0.2) is 9.18 Å². The average Bonchev–Trinajstić information content (AvgIpc) is 3.43. The summed E-state index contributed by atoms with van der Waals surface area (Å²) in [6.07, 6.45) is 9.67. The van der Waals surface area contributed by atoms with E-state index in [-0.39, 0.29) is 11.9 Å². The van der Waals surface area contributed by atoms with Crippen molar-refractivity contribution in [3.8, 4) is 5.75 Å². The molecular weight excluding hydrogens is 493 g/mol. The predicted octanol–water partition coefficient (Wildman–Crippen LogP) is 6.45. The van der Waals surface area contributed by atoms with E-state index in [4.69, 9.17) is 9.84 Å². The van der Waals surface area contributed by atoms with E-state index in [1.807, 2.05) is 48.5 Å². The Hall–Kier alpha value is -4.23. The molecule has 200 valence electrons. The number of nitrogens with one attached hydrogen (secondary N) is 1. The minimum Gasteiger partial charge on any atom is -0.490 e. The van der Waals surface area contributed by atoms with Gasteiger partial charge in [-0.1, -0.05) is 48.5 Å². The molecule has 7 heteroatoms. The van der Waals surface area contributed by atoms with Gasteiger partial charge >= 0.3 is 5.97 Å². The van der Waals surface area contributed by atoms with Crippen LogP contribution in [0, 0.1) is 5.82 Å². The molecule has 0 unspecified atom stereocenters. The molecule has 5 rings (SSSR count). The second-order valence-corrected chi connectivity index (χ2v) is 10.0. The topological polar surface area (TPSA) is 78.5 Å². The first-order chi connectivity index (χ1) is 18.9. The minimum absolute atomic E-state index is 0.200. The average molecular weight is 526 g/mol. The number of H-pyrrole nitrogens is 1. The number of aryl methyl sites for hydroxylation is 1. The number of aliphatic carboxylic acids is 1. The standard InChI is InChI=1S/C32H32FN3O3/c1-36-17-15-27(16-18-36)39-28-4-2-3-25(20-28)26(19-23-7-5-22(6-8-23)9-14-31(37)38)11-10-24-12-13-30-29(32(24)33)21-34-35-30/h2-9,12-14,19-21,27H,10-11,15-18H2,1H3,(H,34,35)(H,37,38). The smallest absolute Gasteiger partial charge is 0.328 e. The van der Waals surface area contributed by atoms with Gasteiger partial charge in [0.05, 0.1) is 17.1 Å². The number of aromatic nitrogens is 2. The van der Waals surface area contributed by atoms with E-state index < -0.39 is 5.97 Å². The zero-order valence-corrected chi connectivity index (χ0v) is 21.9. The van der Waals surface area contributed by atoms with Crippen molar-refractivity contribution in [3.05, 3.63) is 101 Å². The molecule has 0 aliphatic carbocycles. The molecule has 3 aromatic carbocycles. The summed E-state index contributed by atoms with van der Waals surface area (Å²) >= 11 is 0. The molecular formula is C32H32FN3O3. The number of carbonyl (C=O) groups is 1. The Labute approximate surface area is 227 Å². The Morgan fingerprint density at radius 2 is 1.90 bits per heavy atom. The minimum atomic E-state index is -0.982. The lowest BCUT2D eigenvalue weighted by atomic mass is 9.95. The highest BCUT2D eigenvalue weighted by atomic mass is 19.1. The number of hydrogen-bond donors (Lipinski definition) is 2. The molecule has 2 N–H and O–H groups in total. The highest BCUT2D eigenvalue weighted by Crippen LogP contribution is 2.29. The van der Waals surface area contributed by atoms with Gasteiger partial charge in [0.15, 0.2) is 0 Å². The van der Waals surface area contributed by atoms with Crippen LogP contribution in [0.1, 0.15) is 41.5 Å². The van der Waals surface area contributed by atoms with E-state index in [0.717, 1.165) is 60.0 Å². The van der Waals surface area contributed by atoms with Crippen LogP contribution in [0.15, 0.2) is 72.9 Å². The number of ether oxygens (including phenoxy) is 1. The third-order valence-corrected chi connectivity index (χ3v) is 7.17. The Morgan fingerprint density at radius 3 is 2.67 bits per heavy atom. The quantitative estimate of drug-likeness (QED) is 0.194. The number of fused-ring (bicyclic) bond motifs is 1. The van der Waals surface area contributed by atoms with Crippen molar-refractivity contribution in [2.75, 3.05) is 20.1 Å². The fourth-order valence-electron chi connectivity index (χ4n) is 4.93. The Balaban J connectivity index is 1.41. The molecule has 1 aromatic heterocycles. The summed E-state index contributed by atoms with van der Waals surface area (Å²) in [5.74, 6) is -0.382. The Bertz CT molecular complexity index is 1500. The van der Waals surface area contributed by atoms with E-state index >= 15 is 4.39 Å². The van der Waals surface area contributed by atoms with E-state index in [9.17, 15) is 4.79 Å². The van der Waals surface area contributed by atoms with Gasteiger partial charge in [0.1, 0.15) is 17.7 Å². The molecule has 0 radical (unpaired) electrons. The van der Waals surface area contributed by atoms with Gasteiger partial charge in [-0.2, -0.15) is 5.10 Å². The lowest BCUT2D eigenvalue weighted by Crippen LogP contribution is -2.35. The van der Waals surface area contributed by atoms with Crippen molar-refractivity contribution in [1.82, 2.24) is 15.1 Å².